The number of likely N-dealkylation sites (N-methyl/N-ethyl adjacent to an activating group) is 1. The number of hydrogen-bond donors (Lipinski definition) is 1. The number of nitrogens with one attached hydrogen (secondary N) is 1. The highest BCUT2D eigenvalue weighted by atomic mass is 16.5. The standard InChI is InChI=1S/C21H28N2O2/c1-5-13-25-20-12-8-11-19(14-20)22-17(3)21(24)23(4)15-18-10-7-6-9-16(18)2/h6-12,14,17,22H,5,13,15H2,1-4H3. The van der Waals surface area contributed by atoms with E-state index in [0.29, 0.717) is 13.2 Å². The van der Waals surface area contributed by atoms with Gasteiger partial charge in [-0.25, -0.2) is 0 Å². The first-order valence-electron chi connectivity index (χ1n) is 8.80. The van der Waals surface area contributed by atoms with Gasteiger partial charge in [0.05, 0.1) is 6.61 Å². The van der Waals surface area contributed by atoms with Crippen LogP contribution in [0.1, 0.15) is 31.4 Å². The Morgan fingerprint density at radius 2 is 1.96 bits per heavy atom. The fourth-order valence-corrected chi connectivity index (χ4v) is 2.66. The van der Waals surface area contributed by atoms with Gasteiger partial charge in [0, 0.05) is 25.3 Å². The molecule has 4 heteroatoms. The molecular formula is C21H28N2O2. The predicted octanol–water partition coefficient (Wildman–Crippen LogP) is 4.24. The largest absolute Gasteiger partial charge is 0.494 e. The van der Waals surface area contributed by atoms with E-state index in [1.54, 1.807) is 4.90 Å². The van der Waals surface area contributed by atoms with Crippen molar-refractivity contribution >= 4 is 11.6 Å². The Kier molecular flexibility index (Phi) is 6.87. The van der Waals surface area contributed by atoms with Crippen molar-refractivity contribution in [1.29, 1.82) is 0 Å². The molecule has 0 spiro atoms. The number of aryl methyl sites for hydroxylation is 1. The highest BCUT2D eigenvalue weighted by Crippen LogP contribution is 2.19. The fourth-order valence-electron chi connectivity index (χ4n) is 2.66. The van der Waals surface area contributed by atoms with E-state index in [9.17, 15) is 4.79 Å². The van der Waals surface area contributed by atoms with Gasteiger partial charge in [-0.15, -0.1) is 0 Å². The maximum Gasteiger partial charge on any atom is 0.244 e. The van der Waals surface area contributed by atoms with Crippen LogP contribution in [0.25, 0.3) is 0 Å². The van der Waals surface area contributed by atoms with Crippen LogP contribution in [-0.4, -0.2) is 30.5 Å². The van der Waals surface area contributed by atoms with Gasteiger partial charge < -0.3 is 15.0 Å². The van der Waals surface area contributed by atoms with Crippen molar-refractivity contribution in [3.63, 3.8) is 0 Å². The van der Waals surface area contributed by atoms with E-state index in [1.165, 1.54) is 11.1 Å². The van der Waals surface area contributed by atoms with Crippen LogP contribution >= 0.6 is 0 Å². The third-order valence-electron chi connectivity index (χ3n) is 4.11. The lowest BCUT2D eigenvalue weighted by Gasteiger charge is -2.23. The van der Waals surface area contributed by atoms with Gasteiger partial charge in [-0.05, 0) is 43.5 Å². The summed E-state index contributed by atoms with van der Waals surface area (Å²) in [5, 5.41) is 3.27. The zero-order valence-electron chi connectivity index (χ0n) is 15.6. The van der Waals surface area contributed by atoms with Crippen molar-refractivity contribution < 1.29 is 9.53 Å². The van der Waals surface area contributed by atoms with Gasteiger partial charge in [0.15, 0.2) is 0 Å². The summed E-state index contributed by atoms with van der Waals surface area (Å²) in [4.78, 5) is 14.4. The Morgan fingerprint density at radius 3 is 2.68 bits per heavy atom. The molecule has 0 aliphatic rings. The van der Waals surface area contributed by atoms with Crippen molar-refractivity contribution in [2.24, 2.45) is 0 Å². The number of rotatable bonds is 8. The molecule has 0 saturated carbocycles. The molecule has 1 atom stereocenters. The molecule has 25 heavy (non-hydrogen) atoms. The highest BCUT2D eigenvalue weighted by Gasteiger charge is 2.18. The van der Waals surface area contributed by atoms with Gasteiger partial charge in [0.1, 0.15) is 11.8 Å². The lowest BCUT2D eigenvalue weighted by molar-refractivity contribution is -0.130. The van der Waals surface area contributed by atoms with Crippen LogP contribution in [0, 0.1) is 6.92 Å². The Bertz CT molecular complexity index is 700. The smallest absolute Gasteiger partial charge is 0.244 e. The summed E-state index contributed by atoms with van der Waals surface area (Å²) in [5.74, 6) is 0.878. The number of carbonyl (C=O) groups is 1. The maximum absolute atomic E-state index is 12.7. The Morgan fingerprint density at radius 1 is 1.20 bits per heavy atom. The number of amides is 1. The summed E-state index contributed by atoms with van der Waals surface area (Å²) in [6.45, 7) is 7.33. The molecule has 2 aromatic rings. The average Bonchev–Trinajstić information content (AvgIpc) is 2.61. The summed E-state index contributed by atoms with van der Waals surface area (Å²) in [5.41, 5.74) is 3.25. The summed E-state index contributed by atoms with van der Waals surface area (Å²) < 4.78 is 5.64. The second-order valence-electron chi connectivity index (χ2n) is 6.36. The topological polar surface area (TPSA) is 41.6 Å². The monoisotopic (exact) mass is 340 g/mol. The summed E-state index contributed by atoms with van der Waals surface area (Å²) in [6, 6.07) is 15.6. The van der Waals surface area contributed by atoms with E-state index in [0.717, 1.165) is 17.9 Å². The average molecular weight is 340 g/mol. The molecule has 0 saturated heterocycles. The molecule has 0 heterocycles. The first-order chi connectivity index (χ1) is 12.0. The van der Waals surface area contributed by atoms with E-state index in [2.05, 4.69) is 31.3 Å². The molecule has 1 N–H and O–H groups in total. The molecule has 2 rings (SSSR count). The van der Waals surface area contributed by atoms with Crippen molar-refractivity contribution in [3.8, 4) is 5.75 Å². The first kappa shape index (κ1) is 18.8. The third-order valence-corrected chi connectivity index (χ3v) is 4.11. The SMILES string of the molecule is CCCOc1cccc(NC(C)C(=O)N(C)Cc2ccccc2C)c1. The molecule has 4 nitrogen and oxygen atoms in total. The van der Waals surface area contributed by atoms with E-state index >= 15 is 0 Å². The van der Waals surface area contributed by atoms with Gasteiger partial charge in [-0.2, -0.15) is 0 Å². The van der Waals surface area contributed by atoms with Gasteiger partial charge in [0.2, 0.25) is 5.91 Å². The molecule has 0 aliphatic carbocycles. The van der Waals surface area contributed by atoms with E-state index in [1.807, 2.05) is 50.4 Å². The van der Waals surface area contributed by atoms with Crippen LogP contribution in [0.2, 0.25) is 0 Å². The van der Waals surface area contributed by atoms with E-state index in [4.69, 9.17) is 4.74 Å². The van der Waals surface area contributed by atoms with Crippen LogP contribution in [0.3, 0.4) is 0 Å². The number of anilines is 1. The predicted molar refractivity (Wildman–Crippen MR) is 103 cm³/mol. The van der Waals surface area contributed by atoms with E-state index in [-0.39, 0.29) is 11.9 Å². The number of hydrogen-bond acceptors (Lipinski definition) is 3. The molecule has 0 aromatic heterocycles. The summed E-state index contributed by atoms with van der Waals surface area (Å²) in [6.07, 6.45) is 0.968. The van der Waals surface area contributed by atoms with Crippen molar-refractivity contribution in [3.05, 3.63) is 59.7 Å². The highest BCUT2D eigenvalue weighted by molar-refractivity contribution is 5.84. The molecule has 2 aromatic carbocycles. The minimum absolute atomic E-state index is 0.0585. The number of benzene rings is 2. The molecule has 0 aliphatic heterocycles. The van der Waals surface area contributed by atoms with Gasteiger partial charge in [-0.1, -0.05) is 37.3 Å². The van der Waals surface area contributed by atoms with Gasteiger partial charge in [0.25, 0.3) is 0 Å². The van der Waals surface area contributed by atoms with Crippen LogP contribution < -0.4 is 10.1 Å². The van der Waals surface area contributed by atoms with Crippen LogP contribution in [0.4, 0.5) is 5.69 Å². The van der Waals surface area contributed by atoms with Gasteiger partial charge in [-0.3, -0.25) is 4.79 Å². The maximum atomic E-state index is 12.7. The lowest BCUT2D eigenvalue weighted by atomic mass is 10.1. The second kappa shape index (κ2) is 9.11. The lowest BCUT2D eigenvalue weighted by Crippen LogP contribution is -2.38. The Balaban J connectivity index is 1.96. The molecule has 1 amide bonds. The second-order valence-corrected chi connectivity index (χ2v) is 6.36. The normalized spacial score (nSPS) is 11.7. The van der Waals surface area contributed by atoms with E-state index < -0.39 is 0 Å². The Hall–Kier alpha value is -2.49. The van der Waals surface area contributed by atoms with Crippen molar-refractivity contribution in [2.75, 3.05) is 19.0 Å². The van der Waals surface area contributed by atoms with Gasteiger partial charge >= 0.3 is 0 Å². The first-order valence-corrected chi connectivity index (χ1v) is 8.80. The third kappa shape index (κ3) is 5.52. The molecule has 1 unspecified atom stereocenters. The Labute approximate surface area is 150 Å². The van der Waals surface area contributed by atoms with Crippen LogP contribution in [0.15, 0.2) is 48.5 Å². The van der Waals surface area contributed by atoms with Crippen molar-refractivity contribution in [1.82, 2.24) is 4.90 Å². The number of nitrogens with zero attached hydrogens (tertiary/aromatic N) is 1. The quantitative estimate of drug-likeness (QED) is 0.781. The van der Waals surface area contributed by atoms with Crippen LogP contribution in [0.5, 0.6) is 5.75 Å². The zero-order valence-corrected chi connectivity index (χ0v) is 15.6. The van der Waals surface area contributed by atoms with Crippen molar-refractivity contribution in [2.45, 2.75) is 39.8 Å². The number of ether oxygens (including phenoxy) is 1. The molecular weight excluding hydrogens is 312 g/mol. The minimum atomic E-state index is -0.310. The minimum Gasteiger partial charge on any atom is -0.494 e. The summed E-state index contributed by atoms with van der Waals surface area (Å²) >= 11 is 0. The number of carbonyl (C=O) groups excluding carboxylic acids is 1. The van der Waals surface area contributed by atoms with Crippen LogP contribution in [-0.2, 0) is 11.3 Å². The molecule has 0 fully saturated rings. The summed E-state index contributed by atoms with van der Waals surface area (Å²) in [7, 11) is 1.84. The molecule has 0 bridgehead atoms. The zero-order chi connectivity index (χ0) is 18.2. The molecule has 0 radical (unpaired) electrons. The fraction of sp³-hybridized carbons (Fsp3) is 0.381. The molecule has 134 valence electrons.